The SMILES string of the molecule is CC(=O)Cc1cc(Nc2cc(-c3cc(Cl)c(C)cc3F)c(=O)[nH]c2C(C)C)ccn1. The molecule has 0 amide bonds. The molecule has 0 fully saturated rings. The third-order valence-electron chi connectivity index (χ3n) is 4.71. The van der Waals surface area contributed by atoms with Crippen LogP contribution in [0.1, 0.15) is 43.6 Å². The number of aryl methyl sites for hydroxylation is 1. The first-order chi connectivity index (χ1) is 14.2. The summed E-state index contributed by atoms with van der Waals surface area (Å²) in [6.45, 7) is 7.12. The molecule has 0 radical (unpaired) electrons. The largest absolute Gasteiger partial charge is 0.354 e. The summed E-state index contributed by atoms with van der Waals surface area (Å²) in [7, 11) is 0. The monoisotopic (exact) mass is 427 g/mol. The van der Waals surface area contributed by atoms with Crippen molar-refractivity contribution in [3.63, 3.8) is 0 Å². The molecule has 0 bridgehead atoms. The van der Waals surface area contributed by atoms with Gasteiger partial charge in [-0.2, -0.15) is 0 Å². The lowest BCUT2D eigenvalue weighted by Crippen LogP contribution is -2.15. The van der Waals surface area contributed by atoms with Crippen molar-refractivity contribution < 1.29 is 9.18 Å². The number of halogens is 2. The van der Waals surface area contributed by atoms with Crippen LogP contribution in [0.5, 0.6) is 0 Å². The van der Waals surface area contributed by atoms with Crippen molar-refractivity contribution >= 4 is 28.8 Å². The quantitative estimate of drug-likeness (QED) is 0.541. The van der Waals surface area contributed by atoms with Crippen molar-refractivity contribution in [2.75, 3.05) is 5.32 Å². The van der Waals surface area contributed by atoms with E-state index < -0.39 is 11.4 Å². The van der Waals surface area contributed by atoms with E-state index in [4.69, 9.17) is 11.6 Å². The van der Waals surface area contributed by atoms with Crippen LogP contribution in [0.15, 0.2) is 41.3 Å². The first kappa shape index (κ1) is 21.7. The molecule has 0 spiro atoms. The molecule has 1 aromatic carbocycles. The zero-order valence-corrected chi connectivity index (χ0v) is 18.0. The average Bonchev–Trinajstić information content (AvgIpc) is 2.65. The number of aromatic amines is 1. The fraction of sp³-hybridized carbons (Fsp3) is 0.261. The van der Waals surface area contributed by atoms with E-state index in [1.807, 2.05) is 13.8 Å². The number of hydrogen-bond acceptors (Lipinski definition) is 4. The minimum atomic E-state index is -0.515. The van der Waals surface area contributed by atoms with Gasteiger partial charge >= 0.3 is 0 Å². The number of H-pyrrole nitrogens is 1. The van der Waals surface area contributed by atoms with E-state index in [9.17, 15) is 14.0 Å². The van der Waals surface area contributed by atoms with Crippen LogP contribution in [0.2, 0.25) is 5.02 Å². The highest BCUT2D eigenvalue weighted by molar-refractivity contribution is 6.31. The number of nitrogens with zero attached hydrogens (tertiary/aromatic N) is 1. The maximum Gasteiger partial charge on any atom is 0.256 e. The van der Waals surface area contributed by atoms with Crippen LogP contribution in [-0.2, 0) is 11.2 Å². The Morgan fingerprint density at radius 1 is 1.23 bits per heavy atom. The van der Waals surface area contributed by atoms with Crippen molar-refractivity contribution in [1.82, 2.24) is 9.97 Å². The molecule has 0 aliphatic carbocycles. The van der Waals surface area contributed by atoms with Gasteiger partial charge in [0.25, 0.3) is 5.56 Å². The number of carbonyl (C=O) groups is 1. The summed E-state index contributed by atoms with van der Waals surface area (Å²) in [4.78, 5) is 31.2. The molecule has 5 nitrogen and oxygen atoms in total. The highest BCUT2D eigenvalue weighted by atomic mass is 35.5. The highest BCUT2D eigenvalue weighted by Gasteiger charge is 2.17. The number of carbonyl (C=O) groups excluding carboxylic acids is 1. The lowest BCUT2D eigenvalue weighted by Gasteiger charge is -2.17. The standard InChI is InChI=1S/C23H23ClFN3O2/c1-12(2)22-21(27-15-5-6-26-16(9-15)8-14(4)29)11-18(23(30)28-22)17-10-19(24)13(3)7-20(17)25/h5-7,9-12H,8H2,1-4H3,(H,26,27)(H,28,30). The molecular formula is C23H23ClFN3O2. The number of rotatable bonds is 6. The number of aromatic nitrogens is 2. The van der Waals surface area contributed by atoms with Gasteiger partial charge in [0.2, 0.25) is 0 Å². The van der Waals surface area contributed by atoms with Gasteiger partial charge in [0.15, 0.2) is 0 Å². The van der Waals surface area contributed by atoms with Gasteiger partial charge in [0, 0.05) is 40.3 Å². The summed E-state index contributed by atoms with van der Waals surface area (Å²) in [6.07, 6.45) is 1.85. The van der Waals surface area contributed by atoms with Gasteiger partial charge in [-0.3, -0.25) is 14.6 Å². The average molecular weight is 428 g/mol. The smallest absolute Gasteiger partial charge is 0.256 e. The topological polar surface area (TPSA) is 74.8 Å². The Labute approximate surface area is 179 Å². The second-order valence-electron chi connectivity index (χ2n) is 7.62. The third-order valence-corrected chi connectivity index (χ3v) is 5.12. The Kier molecular flexibility index (Phi) is 6.37. The molecule has 0 atom stereocenters. The zero-order valence-electron chi connectivity index (χ0n) is 17.3. The van der Waals surface area contributed by atoms with E-state index in [0.29, 0.717) is 33.3 Å². The molecule has 2 aromatic heterocycles. The van der Waals surface area contributed by atoms with Gasteiger partial charge in [-0.15, -0.1) is 0 Å². The number of benzene rings is 1. The number of hydrogen-bond donors (Lipinski definition) is 2. The predicted molar refractivity (Wildman–Crippen MR) is 118 cm³/mol. The molecule has 0 saturated carbocycles. The summed E-state index contributed by atoms with van der Waals surface area (Å²) in [5.74, 6) is -0.488. The number of Topliss-reactive ketones (excluding diaryl/α,β-unsaturated/α-hetero) is 1. The number of nitrogens with one attached hydrogen (secondary N) is 2. The Bertz CT molecular complexity index is 1170. The first-order valence-electron chi connectivity index (χ1n) is 9.60. The van der Waals surface area contributed by atoms with Crippen molar-refractivity contribution in [3.05, 3.63) is 74.7 Å². The minimum absolute atomic E-state index is 0.0132. The predicted octanol–water partition coefficient (Wildman–Crippen LogP) is 5.54. The molecule has 3 aromatic rings. The number of pyridine rings is 2. The molecule has 7 heteroatoms. The maximum atomic E-state index is 14.6. The van der Waals surface area contributed by atoms with Crippen LogP contribution in [0.3, 0.4) is 0 Å². The van der Waals surface area contributed by atoms with Crippen molar-refractivity contribution in [1.29, 1.82) is 0 Å². The second-order valence-corrected chi connectivity index (χ2v) is 8.02. The Hall–Kier alpha value is -2.99. The Morgan fingerprint density at radius 2 is 1.97 bits per heavy atom. The van der Waals surface area contributed by atoms with Gasteiger partial charge in [0.1, 0.15) is 11.6 Å². The summed E-state index contributed by atoms with van der Waals surface area (Å²) in [5, 5.41) is 3.66. The van der Waals surface area contributed by atoms with E-state index in [-0.39, 0.29) is 29.2 Å². The van der Waals surface area contributed by atoms with Gasteiger partial charge < -0.3 is 10.3 Å². The molecule has 2 heterocycles. The fourth-order valence-electron chi connectivity index (χ4n) is 3.22. The van der Waals surface area contributed by atoms with Gasteiger partial charge in [0.05, 0.1) is 11.3 Å². The highest BCUT2D eigenvalue weighted by Crippen LogP contribution is 2.31. The molecule has 3 rings (SSSR count). The van der Waals surface area contributed by atoms with Crippen LogP contribution in [0.4, 0.5) is 15.8 Å². The molecule has 0 saturated heterocycles. The third kappa shape index (κ3) is 4.76. The number of ketones is 1. The van der Waals surface area contributed by atoms with Crippen LogP contribution in [0, 0.1) is 12.7 Å². The first-order valence-corrected chi connectivity index (χ1v) is 9.98. The second kappa shape index (κ2) is 8.79. The van der Waals surface area contributed by atoms with Crippen molar-refractivity contribution in [2.45, 2.75) is 40.0 Å². The molecule has 0 aliphatic rings. The maximum absolute atomic E-state index is 14.6. The normalized spacial score (nSPS) is 11.0. The van der Waals surface area contributed by atoms with Gasteiger partial charge in [-0.1, -0.05) is 25.4 Å². The van der Waals surface area contributed by atoms with E-state index in [1.165, 1.54) is 19.1 Å². The lowest BCUT2D eigenvalue weighted by atomic mass is 10.0. The van der Waals surface area contributed by atoms with Gasteiger partial charge in [-0.05, 0) is 55.7 Å². The molecule has 30 heavy (non-hydrogen) atoms. The van der Waals surface area contributed by atoms with E-state index in [2.05, 4.69) is 15.3 Å². The van der Waals surface area contributed by atoms with Gasteiger partial charge in [-0.25, -0.2) is 4.39 Å². The molecule has 0 aliphatic heterocycles. The fourth-order valence-corrected chi connectivity index (χ4v) is 3.38. The Morgan fingerprint density at radius 3 is 2.63 bits per heavy atom. The summed E-state index contributed by atoms with van der Waals surface area (Å²) in [5.41, 5.74) is 3.19. The molecule has 156 valence electrons. The van der Waals surface area contributed by atoms with Crippen LogP contribution in [0.25, 0.3) is 11.1 Å². The Balaban J connectivity index is 2.10. The van der Waals surface area contributed by atoms with E-state index in [0.717, 1.165) is 0 Å². The number of anilines is 2. The lowest BCUT2D eigenvalue weighted by molar-refractivity contribution is -0.116. The van der Waals surface area contributed by atoms with Crippen molar-refractivity contribution in [3.8, 4) is 11.1 Å². The van der Waals surface area contributed by atoms with E-state index in [1.54, 1.807) is 31.3 Å². The minimum Gasteiger partial charge on any atom is -0.354 e. The van der Waals surface area contributed by atoms with Crippen molar-refractivity contribution in [2.24, 2.45) is 0 Å². The summed E-state index contributed by atoms with van der Waals surface area (Å²) >= 11 is 6.17. The van der Waals surface area contributed by atoms with Crippen LogP contribution >= 0.6 is 11.6 Å². The molecular weight excluding hydrogens is 405 g/mol. The summed E-state index contributed by atoms with van der Waals surface area (Å²) in [6, 6.07) is 7.95. The zero-order chi connectivity index (χ0) is 22.0. The van der Waals surface area contributed by atoms with Crippen LogP contribution in [-0.4, -0.2) is 15.8 Å². The summed E-state index contributed by atoms with van der Waals surface area (Å²) < 4.78 is 14.6. The molecule has 2 N–H and O–H groups in total. The van der Waals surface area contributed by atoms with Crippen LogP contribution < -0.4 is 10.9 Å². The molecule has 0 unspecified atom stereocenters. The van der Waals surface area contributed by atoms with E-state index >= 15 is 0 Å².